The molecule has 0 aliphatic carbocycles. The van der Waals surface area contributed by atoms with Crippen LogP contribution < -0.4 is 15.9 Å². The molecule has 3 rings (SSSR count). The third-order valence-corrected chi connectivity index (χ3v) is 16.1. The summed E-state index contributed by atoms with van der Waals surface area (Å²) in [4.78, 5) is 0. The Morgan fingerprint density at radius 1 is 0.277 bits per heavy atom. The summed E-state index contributed by atoms with van der Waals surface area (Å²) in [6.07, 6.45) is 0. The SMILES string of the molecule is O=S(=O)([N-]S(=O)(=O)C(F)(F)F)C(F)(F)F.O=S(=O)([N-]S(=O)(=O)C(F)(F)F)C(F)(F)F.O=S(=O)([N-]S(=O)(=O)C(F)(F)F)C(F)(F)F.[Au+3].c1ccc(P(c2ccccc2)c2ccccc2)cc1. The Morgan fingerprint density at radius 2 is 0.400 bits per heavy atom. The normalized spacial score (nSPS) is 13.7. The van der Waals surface area contributed by atoms with Crippen molar-refractivity contribution in [3.63, 3.8) is 0 Å². The summed E-state index contributed by atoms with van der Waals surface area (Å²) < 4.78 is 328. The van der Waals surface area contributed by atoms with Crippen LogP contribution in [0.4, 0.5) is 79.0 Å². The molecule has 0 saturated carbocycles. The van der Waals surface area contributed by atoms with Crippen LogP contribution in [0.25, 0.3) is 12.4 Å². The van der Waals surface area contributed by atoms with E-state index in [2.05, 4.69) is 91.0 Å². The fourth-order valence-electron chi connectivity index (χ4n) is 2.82. The summed E-state index contributed by atoms with van der Waals surface area (Å²) in [5.74, 6) is 0. The fraction of sp³-hybridized carbons (Fsp3) is 0.250. The van der Waals surface area contributed by atoms with Gasteiger partial charge in [-0.3, -0.25) is 0 Å². The van der Waals surface area contributed by atoms with Gasteiger partial charge in [-0.1, -0.05) is 91.0 Å². The van der Waals surface area contributed by atoms with Gasteiger partial charge in [0.1, 0.15) is 0 Å². The molecule has 0 N–H and O–H groups in total. The summed E-state index contributed by atoms with van der Waals surface area (Å²) >= 11 is 0. The van der Waals surface area contributed by atoms with E-state index in [-0.39, 0.29) is 22.4 Å². The first-order chi connectivity index (χ1) is 28.1. The van der Waals surface area contributed by atoms with Crippen LogP contribution in [0.2, 0.25) is 0 Å². The molecule has 0 saturated heterocycles. The maximum atomic E-state index is 11.4. The van der Waals surface area contributed by atoms with Crippen LogP contribution in [0.5, 0.6) is 0 Å². The molecular weight excluding hydrogens is 1280 g/mol. The zero-order valence-electron chi connectivity index (χ0n) is 29.4. The summed E-state index contributed by atoms with van der Waals surface area (Å²) in [6.45, 7) is 0. The first-order valence-electron chi connectivity index (χ1n) is 14.1. The molecule has 0 amide bonds. The van der Waals surface area contributed by atoms with Crippen molar-refractivity contribution < 1.29 is 152 Å². The third kappa shape index (κ3) is 19.4. The Balaban J connectivity index is 0. The predicted molar refractivity (Wildman–Crippen MR) is 185 cm³/mol. The molecule has 15 nitrogen and oxygen atoms in total. The van der Waals surface area contributed by atoms with E-state index in [1.54, 1.807) is 0 Å². The monoisotopic (exact) mass is 1300 g/mol. The minimum absolute atomic E-state index is 0. The number of alkyl halides is 18. The molecule has 376 valence electrons. The van der Waals surface area contributed by atoms with Gasteiger partial charge in [-0.2, -0.15) is 79.0 Å². The Morgan fingerprint density at radius 3 is 0.508 bits per heavy atom. The first kappa shape index (κ1) is 64.2. The third-order valence-electron chi connectivity index (χ3n) is 5.39. The fourth-order valence-corrected chi connectivity index (χ4v) is 10.3. The van der Waals surface area contributed by atoms with E-state index in [0.717, 1.165) is 12.4 Å². The second kappa shape index (κ2) is 22.5. The van der Waals surface area contributed by atoms with Crippen molar-refractivity contribution in [3.05, 3.63) is 103 Å². The van der Waals surface area contributed by atoms with Crippen molar-refractivity contribution in [1.82, 2.24) is 0 Å². The first-order valence-corrected chi connectivity index (χ1v) is 24.1. The van der Waals surface area contributed by atoms with Crippen molar-refractivity contribution in [2.24, 2.45) is 0 Å². The van der Waals surface area contributed by atoms with Crippen molar-refractivity contribution >= 4 is 84.0 Å². The summed E-state index contributed by atoms with van der Waals surface area (Å²) in [5, 5.41) is 4.19. The van der Waals surface area contributed by atoms with Crippen molar-refractivity contribution in [3.8, 4) is 0 Å². The Labute approximate surface area is 370 Å². The predicted octanol–water partition coefficient (Wildman–Crippen LogP) is 6.62. The minimum Gasteiger partial charge on any atom is -0.421 e. The smallest absolute Gasteiger partial charge is 0.421 e. The summed E-state index contributed by atoms with van der Waals surface area (Å²) in [5.41, 5.74) is -37.2. The standard InChI is InChI=1S/C18H15P.3C2F6NO4S2.Au/c1-4-10-16(11-5-1)19(17-12-6-2-7-13-17)18-14-8-3-9-15-18;3*3-1(4,5)14(10,11)9-15(12,13)2(6,7)8;/h1-15H;;;;/q;3*-1;+3. The molecule has 0 aliphatic heterocycles. The Bertz CT molecular complexity index is 2260. The maximum absolute atomic E-state index is 11.4. The Kier molecular flexibility index (Phi) is 22.2. The minimum atomic E-state index is -6.72. The van der Waals surface area contributed by atoms with Crippen molar-refractivity contribution in [2.45, 2.75) is 33.0 Å². The average molecular weight is 1300 g/mol. The number of halogens is 18. The van der Waals surface area contributed by atoms with Gasteiger partial charge >= 0.3 is 55.4 Å². The second-order valence-corrected chi connectivity index (χ2v) is 22.6. The zero-order valence-corrected chi connectivity index (χ0v) is 37.4. The van der Waals surface area contributed by atoms with E-state index in [1.807, 2.05) is 0 Å². The molecule has 0 unspecified atom stereocenters. The molecule has 0 spiro atoms. The molecular formula is C24H15AuF18N3O12PS6. The number of hydrogen-bond donors (Lipinski definition) is 0. The second-order valence-electron chi connectivity index (χ2n) is 10.1. The van der Waals surface area contributed by atoms with Gasteiger partial charge in [0.05, 0.1) is 0 Å². The molecule has 0 atom stereocenters. The maximum Gasteiger partial charge on any atom is 3.00 e. The quantitative estimate of drug-likeness (QED) is 0.125. The van der Waals surface area contributed by atoms with E-state index in [4.69, 9.17) is 0 Å². The van der Waals surface area contributed by atoms with Gasteiger partial charge in [0.2, 0.25) is 0 Å². The van der Waals surface area contributed by atoms with Crippen molar-refractivity contribution in [1.29, 1.82) is 0 Å². The van der Waals surface area contributed by atoms with Gasteiger partial charge < -0.3 is 12.4 Å². The molecule has 0 aromatic heterocycles. The number of hydrogen-bond acceptors (Lipinski definition) is 12. The van der Waals surface area contributed by atoms with E-state index >= 15 is 0 Å². The Hall–Kier alpha value is -2.85. The van der Waals surface area contributed by atoms with Crippen LogP contribution in [-0.2, 0) is 82.5 Å². The number of nitrogens with zero attached hydrogens (tertiary/aromatic N) is 3. The van der Waals surface area contributed by atoms with Crippen LogP contribution in [-0.4, -0.2) is 83.6 Å². The van der Waals surface area contributed by atoms with Crippen LogP contribution in [0.3, 0.4) is 0 Å². The number of benzene rings is 3. The average Bonchev–Trinajstić information content (AvgIpc) is 3.06. The van der Waals surface area contributed by atoms with E-state index < -0.39 is 101 Å². The van der Waals surface area contributed by atoms with E-state index in [0.29, 0.717) is 0 Å². The van der Waals surface area contributed by atoms with Crippen LogP contribution in [0.15, 0.2) is 91.0 Å². The molecule has 0 radical (unpaired) electrons. The molecule has 0 heterocycles. The zero-order chi connectivity index (χ0) is 51.0. The van der Waals surface area contributed by atoms with Gasteiger partial charge in [0.25, 0.3) is 0 Å². The van der Waals surface area contributed by atoms with Crippen LogP contribution in [0.1, 0.15) is 0 Å². The molecule has 41 heteroatoms. The molecule has 3 aromatic carbocycles. The van der Waals surface area contributed by atoms with Gasteiger partial charge in [-0.25, -0.2) is 50.5 Å². The van der Waals surface area contributed by atoms with E-state index in [1.165, 1.54) is 15.9 Å². The van der Waals surface area contributed by atoms with Crippen LogP contribution in [0, 0.1) is 0 Å². The topological polar surface area (TPSA) is 247 Å². The number of rotatable bonds is 9. The summed E-state index contributed by atoms with van der Waals surface area (Å²) in [6, 6.07) is 32.3. The van der Waals surface area contributed by atoms with Gasteiger partial charge in [0.15, 0.2) is 60.1 Å². The molecule has 0 fully saturated rings. The van der Waals surface area contributed by atoms with Gasteiger partial charge in [-0.05, 0) is 23.8 Å². The van der Waals surface area contributed by atoms with Crippen molar-refractivity contribution in [2.75, 3.05) is 0 Å². The molecule has 0 bridgehead atoms. The van der Waals surface area contributed by atoms with Gasteiger partial charge in [0, 0.05) is 0 Å². The number of sulfonamides is 6. The van der Waals surface area contributed by atoms with Gasteiger partial charge in [-0.15, -0.1) is 0 Å². The van der Waals surface area contributed by atoms with E-state index in [9.17, 15) is 130 Å². The molecule has 0 aliphatic rings. The molecule has 3 aromatic rings. The summed E-state index contributed by atoms with van der Waals surface area (Å²) in [7, 11) is -40.8. The largest absolute Gasteiger partial charge is 3.00 e. The molecule has 65 heavy (non-hydrogen) atoms. The van der Waals surface area contributed by atoms with Crippen LogP contribution >= 0.6 is 7.92 Å².